The number of hydrogen-bond donors (Lipinski definition) is 2. The second-order valence-electron chi connectivity index (χ2n) is 5.12. The third-order valence-corrected chi connectivity index (χ3v) is 4.64. The summed E-state index contributed by atoms with van der Waals surface area (Å²) < 4.78 is 27.3. The molecule has 0 aliphatic heterocycles. The topological polar surface area (TPSA) is 75.3 Å². The number of para-hydroxylation sites is 2. The van der Waals surface area contributed by atoms with Gasteiger partial charge in [-0.3, -0.25) is 9.52 Å². The molecule has 122 valence electrons. The van der Waals surface area contributed by atoms with Crippen molar-refractivity contribution in [1.82, 2.24) is 0 Å². The van der Waals surface area contributed by atoms with Crippen molar-refractivity contribution in [1.29, 1.82) is 0 Å². The Morgan fingerprint density at radius 1 is 0.957 bits per heavy atom. The normalized spacial score (nSPS) is 11.0. The fourth-order valence-electron chi connectivity index (χ4n) is 2.03. The van der Waals surface area contributed by atoms with Gasteiger partial charge in [-0.1, -0.05) is 43.7 Å². The van der Waals surface area contributed by atoms with E-state index in [1.54, 1.807) is 42.5 Å². The summed E-state index contributed by atoms with van der Waals surface area (Å²) >= 11 is 0. The first-order valence-corrected chi connectivity index (χ1v) is 8.98. The molecule has 0 atom stereocenters. The lowest BCUT2D eigenvalue weighted by Gasteiger charge is -2.13. The monoisotopic (exact) mass is 332 g/mol. The van der Waals surface area contributed by atoms with Crippen LogP contribution in [0.1, 0.15) is 26.2 Å². The molecule has 2 aromatic carbocycles. The predicted molar refractivity (Wildman–Crippen MR) is 91.8 cm³/mol. The van der Waals surface area contributed by atoms with Crippen molar-refractivity contribution in [3.8, 4) is 0 Å². The van der Waals surface area contributed by atoms with Gasteiger partial charge in [-0.05, 0) is 30.7 Å². The summed E-state index contributed by atoms with van der Waals surface area (Å²) in [7, 11) is -3.69. The quantitative estimate of drug-likeness (QED) is 0.813. The van der Waals surface area contributed by atoms with Crippen LogP contribution in [0.3, 0.4) is 0 Å². The van der Waals surface area contributed by atoms with E-state index in [9.17, 15) is 13.2 Å². The van der Waals surface area contributed by atoms with Crippen LogP contribution in [0.5, 0.6) is 0 Å². The van der Waals surface area contributed by atoms with Crippen molar-refractivity contribution < 1.29 is 13.2 Å². The maximum atomic E-state index is 12.4. The first kappa shape index (κ1) is 17.0. The fraction of sp³-hybridized carbons (Fsp3) is 0.235. The van der Waals surface area contributed by atoms with Crippen LogP contribution < -0.4 is 10.0 Å². The SMILES string of the molecule is CCCCC(=O)Nc1ccccc1NS(=O)(=O)c1ccccc1. The molecule has 0 saturated heterocycles. The summed E-state index contributed by atoms with van der Waals surface area (Å²) in [6.45, 7) is 2.01. The predicted octanol–water partition coefficient (Wildman–Crippen LogP) is 3.62. The van der Waals surface area contributed by atoms with E-state index in [-0.39, 0.29) is 10.8 Å². The molecule has 0 aromatic heterocycles. The van der Waals surface area contributed by atoms with E-state index in [0.29, 0.717) is 17.8 Å². The number of carbonyl (C=O) groups is 1. The maximum Gasteiger partial charge on any atom is 0.261 e. The van der Waals surface area contributed by atoms with Gasteiger partial charge in [-0.2, -0.15) is 0 Å². The Balaban J connectivity index is 2.19. The molecule has 0 bridgehead atoms. The van der Waals surface area contributed by atoms with E-state index >= 15 is 0 Å². The van der Waals surface area contributed by atoms with Gasteiger partial charge in [0.25, 0.3) is 10.0 Å². The van der Waals surface area contributed by atoms with Crippen LogP contribution in [0.15, 0.2) is 59.5 Å². The lowest BCUT2D eigenvalue weighted by Crippen LogP contribution is -2.16. The second-order valence-corrected chi connectivity index (χ2v) is 6.80. The van der Waals surface area contributed by atoms with Crippen molar-refractivity contribution in [2.24, 2.45) is 0 Å². The number of benzene rings is 2. The highest BCUT2D eigenvalue weighted by Gasteiger charge is 2.16. The van der Waals surface area contributed by atoms with E-state index in [4.69, 9.17) is 0 Å². The molecule has 0 spiro atoms. The Hall–Kier alpha value is -2.34. The number of carbonyl (C=O) groups excluding carboxylic acids is 1. The zero-order valence-electron chi connectivity index (χ0n) is 13.0. The fourth-order valence-corrected chi connectivity index (χ4v) is 3.14. The Morgan fingerprint density at radius 2 is 1.57 bits per heavy atom. The van der Waals surface area contributed by atoms with Gasteiger partial charge in [0.15, 0.2) is 0 Å². The van der Waals surface area contributed by atoms with E-state index < -0.39 is 10.0 Å². The minimum Gasteiger partial charge on any atom is -0.324 e. The molecule has 0 heterocycles. The van der Waals surface area contributed by atoms with Crippen molar-refractivity contribution in [2.45, 2.75) is 31.1 Å². The first-order chi connectivity index (χ1) is 11.0. The molecule has 1 amide bonds. The molecule has 0 fully saturated rings. The molecule has 0 radical (unpaired) electrons. The standard InChI is InChI=1S/C17H20N2O3S/c1-2-3-13-17(20)18-15-11-7-8-12-16(15)19-23(21,22)14-9-5-4-6-10-14/h4-12,19H,2-3,13H2,1H3,(H,18,20). The molecule has 2 rings (SSSR count). The highest BCUT2D eigenvalue weighted by atomic mass is 32.2. The largest absolute Gasteiger partial charge is 0.324 e. The first-order valence-electron chi connectivity index (χ1n) is 7.49. The van der Waals surface area contributed by atoms with Gasteiger partial charge in [0.2, 0.25) is 5.91 Å². The summed E-state index contributed by atoms with van der Waals surface area (Å²) in [4.78, 5) is 12.0. The molecule has 0 saturated carbocycles. The molecular weight excluding hydrogens is 312 g/mol. The average molecular weight is 332 g/mol. The summed E-state index contributed by atoms with van der Waals surface area (Å²) in [5.41, 5.74) is 0.800. The van der Waals surface area contributed by atoms with Crippen LogP contribution in [0.25, 0.3) is 0 Å². The van der Waals surface area contributed by atoms with Crippen LogP contribution >= 0.6 is 0 Å². The van der Waals surface area contributed by atoms with Gasteiger partial charge in [0.1, 0.15) is 0 Å². The smallest absolute Gasteiger partial charge is 0.261 e. The van der Waals surface area contributed by atoms with Crippen LogP contribution in [-0.4, -0.2) is 14.3 Å². The lowest BCUT2D eigenvalue weighted by molar-refractivity contribution is -0.116. The minimum atomic E-state index is -3.69. The minimum absolute atomic E-state index is 0.127. The van der Waals surface area contributed by atoms with Crippen molar-refractivity contribution >= 4 is 27.3 Å². The van der Waals surface area contributed by atoms with Crippen molar-refractivity contribution in [2.75, 3.05) is 10.0 Å². The molecule has 6 heteroatoms. The molecule has 23 heavy (non-hydrogen) atoms. The molecule has 0 unspecified atom stereocenters. The van der Waals surface area contributed by atoms with Gasteiger partial charge < -0.3 is 5.32 Å². The number of nitrogens with one attached hydrogen (secondary N) is 2. The molecule has 0 aliphatic rings. The van der Waals surface area contributed by atoms with Crippen LogP contribution in [0.4, 0.5) is 11.4 Å². The average Bonchev–Trinajstić information content (AvgIpc) is 2.55. The van der Waals surface area contributed by atoms with E-state index in [2.05, 4.69) is 10.0 Å². The van der Waals surface area contributed by atoms with Gasteiger partial charge in [-0.15, -0.1) is 0 Å². The molecule has 2 N–H and O–H groups in total. The number of amides is 1. The van der Waals surface area contributed by atoms with E-state index in [1.807, 2.05) is 6.92 Å². The highest BCUT2D eigenvalue weighted by Crippen LogP contribution is 2.24. The molecule has 0 aliphatic carbocycles. The third-order valence-electron chi connectivity index (χ3n) is 3.26. The summed E-state index contributed by atoms with van der Waals surface area (Å²) in [6, 6.07) is 14.9. The zero-order valence-corrected chi connectivity index (χ0v) is 13.8. The van der Waals surface area contributed by atoms with E-state index in [0.717, 1.165) is 12.8 Å². The van der Waals surface area contributed by atoms with Gasteiger partial charge in [0, 0.05) is 6.42 Å². The summed E-state index contributed by atoms with van der Waals surface area (Å²) in [6.07, 6.45) is 2.13. The number of rotatable bonds is 7. The van der Waals surface area contributed by atoms with Gasteiger partial charge in [0.05, 0.1) is 16.3 Å². The van der Waals surface area contributed by atoms with E-state index in [1.165, 1.54) is 12.1 Å². The summed E-state index contributed by atoms with van der Waals surface area (Å²) in [5, 5.41) is 2.75. The maximum absolute atomic E-state index is 12.4. The van der Waals surface area contributed by atoms with Crippen LogP contribution in [0, 0.1) is 0 Å². The highest BCUT2D eigenvalue weighted by molar-refractivity contribution is 7.92. The van der Waals surface area contributed by atoms with Crippen LogP contribution in [0.2, 0.25) is 0 Å². The Bertz CT molecular complexity index is 758. The van der Waals surface area contributed by atoms with Gasteiger partial charge >= 0.3 is 0 Å². The Labute approximate surface area is 136 Å². The second kappa shape index (κ2) is 7.78. The zero-order chi connectivity index (χ0) is 16.7. The number of sulfonamides is 1. The summed E-state index contributed by atoms with van der Waals surface area (Å²) in [5.74, 6) is -0.127. The lowest BCUT2D eigenvalue weighted by atomic mass is 10.2. The number of unbranched alkanes of at least 4 members (excludes halogenated alkanes) is 1. The van der Waals surface area contributed by atoms with Crippen LogP contribution in [-0.2, 0) is 14.8 Å². The molecule has 2 aromatic rings. The van der Waals surface area contributed by atoms with Crippen molar-refractivity contribution in [3.63, 3.8) is 0 Å². The Morgan fingerprint density at radius 3 is 2.22 bits per heavy atom. The Kier molecular flexibility index (Phi) is 5.76. The van der Waals surface area contributed by atoms with Gasteiger partial charge in [-0.25, -0.2) is 8.42 Å². The third kappa shape index (κ3) is 4.82. The molecule has 5 nitrogen and oxygen atoms in total. The van der Waals surface area contributed by atoms with Crippen molar-refractivity contribution in [3.05, 3.63) is 54.6 Å². The number of anilines is 2. The number of hydrogen-bond acceptors (Lipinski definition) is 3. The molecular formula is C17H20N2O3S.